The van der Waals surface area contributed by atoms with Crippen LogP contribution in [-0.2, 0) is 11.3 Å². The van der Waals surface area contributed by atoms with Crippen molar-refractivity contribution in [1.29, 1.82) is 5.26 Å². The SMILES string of the molecule is Cc1cc2c(c(=O)n1CC1CCCO1)C(c1ccccc1Br)C(C#N)=C(N)O2. The zero-order valence-electron chi connectivity index (χ0n) is 15.4. The molecule has 0 aliphatic carbocycles. The van der Waals surface area contributed by atoms with Crippen LogP contribution < -0.4 is 16.0 Å². The number of aryl methyl sites for hydroxylation is 1. The predicted octanol–water partition coefficient (Wildman–Crippen LogP) is 3.32. The summed E-state index contributed by atoms with van der Waals surface area (Å²) in [6, 6.07) is 11.5. The van der Waals surface area contributed by atoms with E-state index >= 15 is 0 Å². The van der Waals surface area contributed by atoms with Crippen LogP contribution in [0.15, 0.2) is 51.1 Å². The molecule has 4 rings (SSSR count). The second-order valence-corrected chi connectivity index (χ2v) is 7.92. The first kappa shape index (κ1) is 18.8. The topological polar surface area (TPSA) is 90.3 Å². The van der Waals surface area contributed by atoms with Crippen LogP contribution in [0.5, 0.6) is 5.75 Å². The molecule has 2 unspecified atom stereocenters. The summed E-state index contributed by atoms with van der Waals surface area (Å²) in [5, 5.41) is 9.74. The molecule has 6 nitrogen and oxygen atoms in total. The van der Waals surface area contributed by atoms with E-state index in [0.29, 0.717) is 17.9 Å². The number of fused-ring (bicyclic) bond motifs is 1. The van der Waals surface area contributed by atoms with Crippen molar-refractivity contribution in [2.45, 2.75) is 38.3 Å². The van der Waals surface area contributed by atoms with Gasteiger partial charge in [-0.1, -0.05) is 34.1 Å². The zero-order valence-corrected chi connectivity index (χ0v) is 17.0. The number of allylic oxidation sites excluding steroid dienone is 1. The molecular formula is C21H20BrN3O3. The first-order valence-corrected chi connectivity index (χ1v) is 9.98. The number of halogens is 1. The van der Waals surface area contributed by atoms with E-state index in [1.165, 1.54) is 0 Å². The third kappa shape index (κ3) is 3.13. The maximum atomic E-state index is 13.5. The van der Waals surface area contributed by atoms with Crippen LogP contribution in [-0.4, -0.2) is 17.3 Å². The van der Waals surface area contributed by atoms with Crippen molar-refractivity contribution in [3.63, 3.8) is 0 Å². The lowest BCUT2D eigenvalue weighted by Crippen LogP contribution is -2.35. The summed E-state index contributed by atoms with van der Waals surface area (Å²) in [4.78, 5) is 13.5. The smallest absolute Gasteiger partial charge is 0.258 e. The molecule has 0 saturated carbocycles. The lowest BCUT2D eigenvalue weighted by Gasteiger charge is -2.28. The monoisotopic (exact) mass is 441 g/mol. The van der Waals surface area contributed by atoms with Gasteiger partial charge in [-0.25, -0.2) is 0 Å². The Morgan fingerprint density at radius 2 is 2.18 bits per heavy atom. The number of ether oxygens (including phenoxy) is 2. The quantitative estimate of drug-likeness (QED) is 0.788. The van der Waals surface area contributed by atoms with Crippen LogP contribution in [0.3, 0.4) is 0 Å². The number of nitrogens with two attached hydrogens (primary N) is 1. The third-order valence-corrected chi connectivity index (χ3v) is 6.04. The second-order valence-electron chi connectivity index (χ2n) is 7.06. The van der Waals surface area contributed by atoms with Gasteiger partial charge < -0.3 is 19.8 Å². The summed E-state index contributed by atoms with van der Waals surface area (Å²) >= 11 is 3.55. The van der Waals surface area contributed by atoms with Crippen molar-refractivity contribution >= 4 is 15.9 Å². The Balaban J connectivity index is 1.92. The molecule has 28 heavy (non-hydrogen) atoms. The molecule has 1 aromatic heterocycles. The van der Waals surface area contributed by atoms with Crippen LogP contribution in [0, 0.1) is 18.3 Å². The molecule has 2 atom stereocenters. The molecule has 144 valence electrons. The fourth-order valence-electron chi connectivity index (χ4n) is 3.93. The van der Waals surface area contributed by atoms with Crippen molar-refractivity contribution in [1.82, 2.24) is 4.57 Å². The molecule has 0 bridgehead atoms. The Labute approximate surface area is 171 Å². The zero-order chi connectivity index (χ0) is 19.8. The molecule has 1 saturated heterocycles. The van der Waals surface area contributed by atoms with E-state index < -0.39 is 5.92 Å². The van der Waals surface area contributed by atoms with Gasteiger partial charge in [-0.05, 0) is 31.4 Å². The number of aromatic nitrogens is 1. The van der Waals surface area contributed by atoms with E-state index in [2.05, 4.69) is 22.0 Å². The minimum Gasteiger partial charge on any atom is -0.440 e. The number of nitriles is 1. The molecule has 2 N–H and O–H groups in total. The summed E-state index contributed by atoms with van der Waals surface area (Å²) in [6.07, 6.45) is 1.96. The van der Waals surface area contributed by atoms with E-state index in [-0.39, 0.29) is 23.1 Å². The highest BCUT2D eigenvalue weighted by atomic mass is 79.9. The Kier molecular flexibility index (Phi) is 5.00. The summed E-state index contributed by atoms with van der Waals surface area (Å²) in [7, 11) is 0. The van der Waals surface area contributed by atoms with E-state index in [1.54, 1.807) is 4.57 Å². The largest absolute Gasteiger partial charge is 0.440 e. The van der Waals surface area contributed by atoms with E-state index in [1.807, 2.05) is 37.3 Å². The average molecular weight is 442 g/mol. The molecule has 1 fully saturated rings. The van der Waals surface area contributed by atoms with Crippen molar-refractivity contribution in [2.75, 3.05) is 6.61 Å². The Morgan fingerprint density at radius 1 is 1.39 bits per heavy atom. The molecule has 7 heteroatoms. The molecular weight excluding hydrogens is 422 g/mol. The maximum absolute atomic E-state index is 13.5. The van der Waals surface area contributed by atoms with Crippen molar-refractivity contribution < 1.29 is 9.47 Å². The van der Waals surface area contributed by atoms with Gasteiger partial charge in [0.05, 0.1) is 24.1 Å². The summed E-state index contributed by atoms with van der Waals surface area (Å²) in [6.45, 7) is 3.08. The van der Waals surface area contributed by atoms with Gasteiger partial charge in [0.25, 0.3) is 5.56 Å². The molecule has 3 heterocycles. The van der Waals surface area contributed by atoms with Crippen molar-refractivity contribution in [3.05, 3.63) is 73.4 Å². The molecule has 2 aromatic rings. The van der Waals surface area contributed by atoms with Gasteiger partial charge in [0.15, 0.2) is 0 Å². The first-order chi connectivity index (χ1) is 13.5. The molecule has 0 spiro atoms. The van der Waals surface area contributed by atoms with Crippen molar-refractivity contribution in [2.24, 2.45) is 5.73 Å². The van der Waals surface area contributed by atoms with Crippen LogP contribution in [0.25, 0.3) is 0 Å². The summed E-state index contributed by atoms with van der Waals surface area (Å²) in [5.41, 5.74) is 8.12. The molecule has 0 amide bonds. The summed E-state index contributed by atoms with van der Waals surface area (Å²) in [5.74, 6) is -0.150. The molecule has 2 aliphatic heterocycles. The highest BCUT2D eigenvalue weighted by molar-refractivity contribution is 9.10. The van der Waals surface area contributed by atoms with Crippen LogP contribution >= 0.6 is 15.9 Å². The normalized spacial score (nSPS) is 21.2. The highest BCUT2D eigenvalue weighted by Gasteiger charge is 2.35. The minimum absolute atomic E-state index is 0.0249. The lowest BCUT2D eigenvalue weighted by molar-refractivity contribution is 0.0955. The van der Waals surface area contributed by atoms with Gasteiger partial charge in [-0.3, -0.25) is 4.79 Å². The molecule has 0 radical (unpaired) electrons. The number of benzene rings is 1. The Hall–Kier alpha value is -2.56. The highest BCUT2D eigenvalue weighted by Crippen LogP contribution is 2.42. The number of hydrogen-bond donors (Lipinski definition) is 1. The third-order valence-electron chi connectivity index (χ3n) is 5.32. The fraction of sp³-hybridized carbons (Fsp3) is 0.333. The number of hydrogen-bond acceptors (Lipinski definition) is 5. The standard InChI is InChI=1S/C21H20BrN3O3/c1-12-9-17-19(21(26)25(12)11-13-5-4-8-27-13)18(15(10-23)20(24)28-17)14-6-2-3-7-16(14)22/h2-3,6-7,9,13,18H,4-5,8,11,24H2,1H3. The van der Waals surface area contributed by atoms with Crippen LogP contribution in [0.2, 0.25) is 0 Å². The van der Waals surface area contributed by atoms with E-state index in [0.717, 1.165) is 35.2 Å². The number of pyridine rings is 1. The van der Waals surface area contributed by atoms with Gasteiger partial charge in [-0.2, -0.15) is 5.26 Å². The van der Waals surface area contributed by atoms with Crippen molar-refractivity contribution in [3.8, 4) is 11.8 Å². The van der Waals surface area contributed by atoms with E-state index in [9.17, 15) is 10.1 Å². The van der Waals surface area contributed by atoms with Gasteiger partial charge in [0.2, 0.25) is 5.88 Å². The second kappa shape index (κ2) is 7.46. The van der Waals surface area contributed by atoms with Gasteiger partial charge >= 0.3 is 0 Å². The maximum Gasteiger partial charge on any atom is 0.258 e. The number of rotatable bonds is 3. The Bertz CT molecular complexity index is 1060. The summed E-state index contributed by atoms with van der Waals surface area (Å²) < 4.78 is 13.9. The Morgan fingerprint density at radius 3 is 2.86 bits per heavy atom. The van der Waals surface area contributed by atoms with Crippen LogP contribution in [0.1, 0.15) is 35.6 Å². The number of nitrogens with zero attached hydrogens (tertiary/aromatic N) is 2. The van der Waals surface area contributed by atoms with E-state index in [4.69, 9.17) is 15.2 Å². The fourth-order valence-corrected chi connectivity index (χ4v) is 4.44. The van der Waals surface area contributed by atoms with Gasteiger partial charge in [0, 0.05) is 22.8 Å². The first-order valence-electron chi connectivity index (χ1n) is 9.19. The average Bonchev–Trinajstić information content (AvgIpc) is 3.18. The predicted molar refractivity (Wildman–Crippen MR) is 108 cm³/mol. The van der Waals surface area contributed by atoms with Gasteiger partial charge in [-0.15, -0.1) is 0 Å². The minimum atomic E-state index is -0.590. The lowest BCUT2D eigenvalue weighted by atomic mass is 9.84. The van der Waals surface area contributed by atoms with Gasteiger partial charge in [0.1, 0.15) is 17.4 Å². The van der Waals surface area contributed by atoms with Crippen LogP contribution in [0.4, 0.5) is 0 Å². The molecule has 1 aromatic carbocycles. The molecule has 2 aliphatic rings.